The van der Waals surface area contributed by atoms with Crippen LogP contribution in [-0.4, -0.2) is 20.9 Å². The zero-order valence-corrected chi connectivity index (χ0v) is 14.1. The molecule has 1 aromatic rings. The van der Waals surface area contributed by atoms with Crippen LogP contribution in [0.2, 0.25) is 10.0 Å². The van der Waals surface area contributed by atoms with E-state index in [1.165, 1.54) is 17.3 Å². The molecule has 0 aromatic carbocycles. The van der Waals surface area contributed by atoms with Gasteiger partial charge in [-0.2, -0.15) is 5.10 Å². The van der Waals surface area contributed by atoms with Gasteiger partial charge < -0.3 is 5.11 Å². The predicted molar refractivity (Wildman–Crippen MR) is 85.8 cm³/mol. The molecule has 4 saturated carbocycles. The molecule has 4 bridgehead atoms. The second-order valence-electron chi connectivity index (χ2n) is 7.44. The normalized spacial score (nSPS) is 38.0. The molecule has 4 aliphatic carbocycles. The summed E-state index contributed by atoms with van der Waals surface area (Å²) < 4.78 is 1.47. The summed E-state index contributed by atoms with van der Waals surface area (Å²) in [7, 11) is 0. The number of rotatable bonds is 3. The summed E-state index contributed by atoms with van der Waals surface area (Å²) in [5, 5.41) is 13.8. The van der Waals surface area contributed by atoms with Crippen molar-refractivity contribution in [1.82, 2.24) is 9.78 Å². The maximum Gasteiger partial charge on any atom is 0.303 e. The fourth-order valence-electron chi connectivity index (χ4n) is 5.71. The van der Waals surface area contributed by atoms with Crippen LogP contribution in [0.25, 0.3) is 0 Å². The summed E-state index contributed by atoms with van der Waals surface area (Å²) in [5.74, 6) is 0.604. The lowest BCUT2D eigenvalue weighted by atomic mass is 9.48. The zero-order chi connectivity index (χ0) is 16.4. The highest BCUT2D eigenvalue weighted by Crippen LogP contribution is 2.62. The van der Waals surface area contributed by atoms with Crippen molar-refractivity contribution in [3.63, 3.8) is 0 Å². The topological polar surface area (TPSA) is 72.2 Å². The monoisotopic (exact) mass is 356 g/mol. The molecule has 23 heavy (non-hydrogen) atoms. The summed E-state index contributed by atoms with van der Waals surface area (Å²) in [6.45, 7) is 0. The van der Waals surface area contributed by atoms with Crippen molar-refractivity contribution in [2.45, 2.75) is 44.1 Å². The van der Waals surface area contributed by atoms with Crippen LogP contribution in [0.4, 0.5) is 0 Å². The van der Waals surface area contributed by atoms with Gasteiger partial charge in [-0.05, 0) is 55.8 Å². The van der Waals surface area contributed by atoms with Gasteiger partial charge in [-0.15, -0.1) is 0 Å². The summed E-state index contributed by atoms with van der Waals surface area (Å²) >= 11 is 12.0. The fourth-order valence-corrected chi connectivity index (χ4v) is 5.96. The van der Waals surface area contributed by atoms with E-state index in [-0.39, 0.29) is 22.4 Å². The van der Waals surface area contributed by atoms with Crippen LogP contribution >= 0.6 is 23.2 Å². The molecule has 3 atom stereocenters. The first-order valence-electron chi connectivity index (χ1n) is 8.06. The zero-order valence-electron chi connectivity index (χ0n) is 12.5. The van der Waals surface area contributed by atoms with Crippen molar-refractivity contribution < 1.29 is 9.90 Å². The van der Waals surface area contributed by atoms with Crippen LogP contribution < -0.4 is 5.56 Å². The number of hydrogen-bond donors (Lipinski definition) is 1. The summed E-state index contributed by atoms with van der Waals surface area (Å²) in [6, 6.07) is 0. The van der Waals surface area contributed by atoms with Gasteiger partial charge in [-0.25, -0.2) is 4.68 Å². The van der Waals surface area contributed by atoms with Crippen molar-refractivity contribution in [3.8, 4) is 0 Å². The van der Waals surface area contributed by atoms with E-state index in [9.17, 15) is 14.7 Å². The molecule has 0 spiro atoms. The standard InChI is InChI=1S/C16H18Cl2N2O3/c17-12-7-19-20(15(23)14(12)18)16-5-8-1-9(6-16)3-10(2-8)11(16)4-13(21)22/h7-11H,1-6H2,(H,21,22)/t8-,9-,10?,11+,16?/m1/s1. The second-order valence-corrected chi connectivity index (χ2v) is 8.22. The van der Waals surface area contributed by atoms with Gasteiger partial charge in [-0.1, -0.05) is 23.2 Å². The largest absolute Gasteiger partial charge is 0.481 e. The molecule has 4 fully saturated rings. The lowest BCUT2D eigenvalue weighted by molar-refractivity contribution is -0.149. The van der Waals surface area contributed by atoms with Crippen LogP contribution in [0.15, 0.2) is 11.0 Å². The number of carbonyl (C=O) groups is 1. The van der Waals surface area contributed by atoms with E-state index in [2.05, 4.69) is 5.10 Å². The van der Waals surface area contributed by atoms with Crippen molar-refractivity contribution in [2.75, 3.05) is 0 Å². The molecular formula is C16H18Cl2N2O3. The first-order valence-corrected chi connectivity index (χ1v) is 8.82. The molecular weight excluding hydrogens is 339 g/mol. The number of hydrogen-bond acceptors (Lipinski definition) is 3. The Hall–Kier alpha value is -1.07. The fraction of sp³-hybridized carbons (Fsp3) is 0.688. The summed E-state index contributed by atoms with van der Waals surface area (Å²) in [5.41, 5.74) is -0.908. The van der Waals surface area contributed by atoms with Crippen LogP contribution in [0, 0.1) is 23.7 Å². The Bertz CT molecular complexity index is 719. The number of aliphatic carboxylic acids is 1. The van der Waals surface area contributed by atoms with E-state index < -0.39 is 17.1 Å². The minimum atomic E-state index is -0.810. The summed E-state index contributed by atoms with van der Waals surface area (Å²) in [4.78, 5) is 24.1. The lowest BCUT2D eigenvalue weighted by Gasteiger charge is -2.60. The lowest BCUT2D eigenvalue weighted by Crippen LogP contribution is -2.61. The van der Waals surface area contributed by atoms with Gasteiger partial charge in [-0.3, -0.25) is 9.59 Å². The van der Waals surface area contributed by atoms with Crippen molar-refractivity contribution in [3.05, 3.63) is 26.6 Å². The Morgan fingerprint density at radius 1 is 1.30 bits per heavy atom. The number of nitrogens with zero attached hydrogens (tertiary/aromatic N) is 2. The van der Waals surface area contributed by atoms with E-state index in [0.29, 0.717) is 17.8 Å². The molecule has 4 aliphatic rings. The predicted octanol–water partition coefficient (Wildman–Crippen LogP) is 3.18. The number of halogens is 2. The summed E-state index contributed by atoms with van der Waals surface area (Å²) in [6.07, 6.45) is 6.47. The quantitative estimate of drug-likeness (QED) is 0.902. The third kappa shape index (κ3) is 2.23. The minimum Gasteiger partial charge on any atom is -0.481 e. The Morgan fingerprint density at radius 2 is 1.96 bits per heavy atom. The Labute approximate surface area is 143 Å². The molecule has 124 valence electrons. The van der Waals surface area contributed by atoms with E-state index in [1.807, 2.05) is 0 Å². The van der Waals surface area contributed by atoms with Crippen LogP contribution in [0.3, 0.4) is 0 Å². The highest BCUT2D eigenvalue weighted by Gasteiger charge is 2.59. The van der Waals surface area contributed by atoms with E-state index in [4.69, 9.17) is 23.2 Å². The minimum absolute atomic E-state index is 0.0218. The molecule has 1 N–H and O–H groups in total. The molecule has 5 rings (SSSR count). The second kappa shape index (κ2) is 5.21. The van der Waals surface area contributed by atoms with Crippen molar-refractivity contribution >= 4 is 29.2 Å². The van der Waals surface area contributed by atoms with Crippen LogP contribution in [0.1, 0.15) is 38.5 Å². The first-order chi connectivity index (χ1) is 10.9. The maximum atomic E-state index is 12.7. The number of carboxylic acid groups (broad SMARTS) is 1. The van der Waals surface area contributed by atoms with Crippen molar-refractivity contribution in [1.29, 1.82) is 0 Å². The molecule has 0 unspecified atom stereocenters. The third-order valence-electron chi connectivity index (χ3n) is 6.18. The molecule has 1 aromatic heterocycles. The Kier molecular flexibility index (Phi) is 3.50. The van der Waals surface area contributed by atoms with Gasteiger partial charge in [0.2, 0.25) is 0 Å². The van der Waals surface area contributed by atoms with Gasteiger partial charge in [0.25, 0.3) is 5.56 Å². The van der Waals surface area contributed by atoms with E-state index in [0.717, 1.165) is 25.7 Å². The average molecular weight is 357 g/mol. The van der Waals surface area contributed by atoms with E-state index >= 15 is 0 Å². The molecule has 0 aliphatic heterocycles. The Morgan fingerprint density at radius 3 is 2.57 bits per heavy atom. The SMILES string of the molecule is O=C(O)C[C@H]1C2C[C@H]3C[C@H](C2)CC1(n1ncc(Cl)c(Cl)c1=O)C3. The van der Waals surface area contributed by atoms with Gasteiger partial charge in [0, 0.05) is 0 Å². The molecule has 1 heterocycles. The Balaban J connectivity index is 1.87. The third-order valence-corrected chi connectivity index (χ3v) is 6.92. The molecule has 5 nitrogen and oxygen atoms in total. The van der Waals surface area contributed by atoms with Gasteiger partial charge in [0.05, 0.1) is 23.2 Å². The van der Waals surface area contributed by atoms with Gasteiger partial charge in [0.1, 0.15) is 5.02 Å². The first kappa shape index (κ1) is 15.5. The van der Waals surface area contributed by atoms with Gasteiger partial charge in [0.15, 0.2) is 0 Å². The highest BCUT2D eigenvalue weighted by atomic mass is 35.5. The number of aromatic nitrogens is 2. The maximum absolute atomic E-state index is 12.7. The molecule has 0 saturated heterocycles. The molecule has 0 amide bonds. The average Bonchev–Trinajstić information content (AvgIpc) is 2.47. The van der Waals surface area contributed by atoms with E-state index in [1.54, 1.807) is 0 Å². The number of carboxylic acids is 1. The van der Waals surface area contributed by atoms with Gasteiger partial charge >= 0.3 is 5.97 Å². The molecule has 0 radical (unpaired) electrons. The molecule has 7 heteroatoms. The van der Waals surface area contributed by atoms with Crippen LogP contribution in [0.5, 0.6) is 0 Å². The van der Waals surface area contributed by atoms with Crippen molar-refractivity contribution in [2.24, 2.45) is 23.7 Å². The highest BCUT2D eigenvalue weighted by molar-refractivity contribution is 6.41. The smallest absolute Gasteiger partial charge is 0.303 e. The van der Waals surface area contributed by atoms with Crippen LogP contribution in [-0.2, 0) is 10.3 Å².